The van der Waals surface area contributed by atoms with Crippen molar-refractivity contribution in [3.05, 3.63) is 0 Å². The fraction of sp³-hybridized carbons (Fsp3) is 0.857. The SMILES string of the molecule is CC(C)CCC(C)NC(=O)N1C[C@@H](C(F)(F)F)[C@H](C(=O)O)C1. The first-order valence-corrected chi connectivity index (χ1v) is 7.37. The lowest BCUT2D eigenvalue weighted by atomic mass is 9.96. The van der Waals surface area contributed by atoms with Crippen LogP contribution >= 0.6 is 0 Å². The van der Waals surface area contributed by atoms with Crippen LogP contribution in [0.4, 0.5) is 18.0 Å². The number of amides is 2. The number of halogens is 3. The summed E-state index contributed by atoms with van der Waals surface area (Å²) in [6, 6.07) is -0.794. The van der Waals surface area contributed by atoms with Crippen LogP contribution in [0.1, 0.15) is 33.6 Å². The third kappa shape index (κ3) is 5.06. The summed E-state index contributed by atoms with van der Waals surface area (Å²) in [6.45, 7) is 4.85. The molecule has 8 heteroatoms. The number of nitrogens with zero attached hydrogens (tertiary/aromatic N) is 1. The predicted octanol–water partition coefficient (Wildman–Crippen LogP) is 2.72. The van der Waals surface area contributed by atoms with Gasteiger partial charge in [-0.25, -0.2) is 4.79 Å². The summed E-state index contributed by atoms with van der Waals surface area (Å²) in [6.07, 6.45) is -3.01. The molecule has 0 radical (unpaired) electrons. The van der Waals surface area contributed by atoms with E-state index in [1.807, 2.05) is 13.8 Å². The lowest BCUT2D eigenvalue weighted by Gasteiger charge is -2.21. The van der Waals surface area contributed by atoms with Gasteiger partial charge in [0, 0.05) is 19.1 Å². The first kappa shape index (κ1) is 18.6. The largest absolute Gasteiger partial charge is 0.481 e. The Balaban J connectivity index is 2.62. The summed E-state index contributed by atoms with van der Waals surface area (Å²) < 4.78 is 38.6. The van der Waals surface area contributed by atoms with Gasteiger partial charge < -0.3 is 15.3 Å². The van der Waals surface area contributed by atoms with Gasteiger partial charge in [-0.3, -0.25) is 4.79 Å². The Kier molecular flexibility index (Phi) is 6.08. The van der Waals surface area contributed by atoms with Gasteiger partial charge in [-0.2, -0.15) is 13.2 Å². The average Bonchev–Trinajstić information content (AvgIpc) is 2.81. The Bertz CT molecular complexity index is 413. The van der Waals surface area contributed by atoms with Gasteiger partial charge >= 0.3 is 18.2 Å². The summed E-state index contributed by atoms with van der Waals surface area (Å²) in [4.78, 5) is 23.9. The van der Waals surface area contributed by atoms with Crippen molar-refractivity contribution in [3.63, 3.8) is 0 Å². The van der Waals surface area contributed by atoms with Crippen LogP contribution in [0.2, 0.25) is 0 Å². The van der Waals surface area contributed by atoms with Crippen LogP contribution in [0.25, 0.3) is 0 Å². The van der Waals surface area contributed by atoms with E-state index >= 15 is 0 Å². The van der Waals surface area contributed by atoms with Gasteiger partial charge in [0.05, 0.1) is 11.8 Å². The molecule has 1 saturated heterocycles. The number of hydrogen-bond donors (Lipinski definition) is 2. The van der Waals surface area contributed by atoms with Crippen LogP contribution in [-0.2, 0) is 4.79 Å². The van der Waals surface area contributed by atoms with E-state index in [1.54, 1.807) is 6.92 Å². The van der Waals surface area contributed by atoms with E-state index in [2.05, 4.69) is 5.32 Å². The molecule has 0 spiro atoms. The monoisotopic (exact) mass is 324 g/mol. The molecule has 2 N–H and O–H groups in total. The number of carboxylic acids is 1. The lowest BCUT2D eigenvalue weighted by molar-refractivity contribution is -0.187. The van der Waals surface area contributed by atoms with Gasteiger partial charge in [-0.05, 0) is 25.7 Å². The van der Waals surface area contributed by atoms with Crippen LogP contribution in [0, 0.1) is 17.8 Å². The molecule has 1 aliphatic heterocycles. The molecule has 0 bridgehead atoms. The number of aliphatic carboxylic acids is 1. The fourth-order valence-corrected chi connectivity index (χ4v) is 2.51. The smallest absolute Gasteiger partial charge is 0.394 e. The van der Waals surface area contributed by atoms with Crippen molar-refractivity contribution in [2.75, 3.05) is 13.1 Å². The third-order valence-corrected chi connectivity index (χ3v) is 3.89. The number of carbonyl (C=O) groups is 2. The van der Waals surface area contributed by atoms with E-state index in [4.69, 9.17) is 5.11 Å². The Morgan fingerprint density at radius 1 is 1.23 bits per heavy atom. The van der Waals surface area contributed by atoms with Crippen molar-refractivity contribution in [2.45, 2.75) is 45.8 Å². The second-order valence-electron chi connectivity index (χ2n) is 6.32. The van der Waals surface area contributed by atoms with E-state index in [9.17, 15) is 22.8 Å². The number of carboxylic acid groups (broad SMARTS) is 1. The van der Waals surface area contributed by atoms with Gasteiger partial charge in [-0.1, -0.05) is 13.8 Å². The Labute approximate surface area is 127 Å². The summed E-state index contributed by atoms with van der Waals surface area (Å²) in [5.74, 6) is -4.67. The number of nitrogens with one attached hydrogen (secondary N) is 1. The number of carbonyl (C=O) groups excluding carboxylic acids is 1. The minimum atomic E-state index is -4.62. The quantitative estimate of drug-likeness (QED) is 0.817. The molecule has 22 heavy (non-hydrogen) atoms. The van der Waals surface area contributed by atoms with Crippen molar-refractivity contribution in [1.29, 1.82) is 0 Å². The van der Waals surface area contributed by atoms with Gasteiger partial charge in [-0.15, -0.1) is 0 Å². The van der Waals surface area contributed by atoms with Crippen molar-refractivity contribution in [3.8, 4) is 0 Å². The Hall–Kier alpha value is -1.47. The molecule has 0 aliphatic carbocycles. The summed E-state index contributed by atoms with van der Waals surface area (Å²) in [7, 11) is 0. The van der Waals surface area contributed by atoms with Crippen LogP contribution in [0.15, 0.2) is 0 Å². The molecule has 1 fully saturated rings. The summed E-state index contributed by atoms with van der Waals surface area (Å²) >= 11 is 0. The number of hydrogen-bond acceptors (Lipinski definition) is 2. The average molecular weight is 324 g/mol. The highest BCUT2D eigenvalue weighted by Gasteiger charge is 2.53. The van der Waals surface area contributed by atoms with Crippen molar-refractivity contribution in [2.24, 2.45) is 17.8 Å². The highest BCUT2D eigenvalue weighted by molar-refractivity contribution is 5.78. The number of alkyl halides is 3. The van der Waals surface area contributed by atoms with Gasteiger partial charge in [0.25, 0.3) is 0 Å². The number of rotatable bonds is 5. The molecule has 1 heterocycles. The maximum Gasteiger partial charge on any atom is 0.394 e. The molecule has 1 aliphatic rings. The first-order chi connectivity index (χ1) is 10.0. The molecule has 128 valence electrons. The molecular formula is C14H23F3N2O3. The van der Waals surface area contributed by atoms with Crippen molar-refractivity contribution in [1.82, 2.24) is 10.2 Å². The second-order valence-corrected chi connectivity index (χ2v) is 6.32. The molecule has 0 saturated carbocycles. The second kappa shape index (κ2) is 7.19. The van der Waals surface area contributed by atoms with Crippen molar-refractivity contribution >= 4 is 12.0 Å². The summed E-state index contributed by atoms with van der Waals surface area (Å²) in [5.41, 5.74) is 0. The highest BCUT2D eigenvalue weighted by Crippen LogP contribution is 2.37. The van der Waals surface area contributed by atoms with E-state index in [0.717, 1.165) is 17.7 Å². The molecule has 2 amide bonds. The standard InChI is InChI=1S/C14H23F3N2O3/c1-8(2)4-5-9(3)18-13(22)19-6-10(12(20)21)11(7-19)14(15,16)17/h8-11H,4-7H2,1-3H3,(H,18,22)(H,20,21)/t9?,10-,11-/m1/s1. The fourth-order valence-electron chi connectivity index (χ4n) is 2.51. The number of likely N-dealkylation sites (tertiary alicyclic amines) is 1. The zero-order valence-corrected chi connectivity index (χ0v) is 13.0. The normalized spacial score (nSPS) is 23.7. The Morgan fingerprint density at radius 3 is 2.23 bits per heavy atom. The van der Waals surface area contributed by atoms with Crippen LogP contribution < -0.4 is 5.32 Å². The van der Waals surface area contributed by atoms with E-state index < -0.39 is 43.1 Å². The number of urea groups is 1. The van der Waals surface area contributed by atoms with Crippen LogP contribution in [-0.4, -0.2) is 47.3 Å². The lowest BCUT2D eigenvalue weighted by Crippen LogP contribution is -2.43. The summed E-state index contributed by atoms with van der Waals surface area (Å²) in [5, 5.41) is 11.6. The molecule has 5 nitrogen and oxygen atoms in total. The highest BCUT2D eigenvalue weighted by atomic mass is 19.4. The first-order valence-electron chi connectivity index (χ1n) is 7.37. The molecule has 1 rings (SSSR count). The minimum absolute atomic E-state index is 0.164. The maximum atomic E-state index is 12.9. The maximum absolute atomic E-state index is 12.9. The third-order valence-electron chi connectivity index (χ3n) is 3.89. The predicted molar refractivity (Wildman–Crippen MR) is 74.3 cm³/mol. The Morgan fingerprint density at radius 2 is 1.82 bits per heavy atom. The molecule has 0 aromatic carbocycles. The molecule has 1 unspecified atom stereocenters. The van der Waals surface area contributed by atoms with Gasteiger partial charge in [0.1, 0.15) is 0 Å². The minimum Gasteiger partial charge on any atom is -0.481 e. The molecule has 0 aromatic heterocycles. The molecular weight excluding hydrogens is 301 g/mol. The van der Waals surface area contributed by atoms with E-state index in [-0.39, 0.29) is 6.04 Å². The van der Waals surface area contributed by atoms with E-state index in [0.29, 0.717) is 5.92 Å². The molecule has 3 atom stereocenters. The zero-order valence-electron chi connectivity index (χ0n) is 13.0. The van der Waals surface area contributed by atoms with Crippen LogP contribution in [0.3, 0.4) is 0 Å². The molecule has 0 aromatic rings. The topological polar surface area (TPSA) is 69.6 Å². The van der Waals surface area contributed by atoms with Gasteiger partial charge in [0.15, 0.2) is 0 Å². The van der Waals surface area contributed by atoms with E-state index in [1.165, 1.54) is 0 Å². The van der Waals surface area contributed by atoms with Crippen LogP contribution in [0.5, 0.6) is 0 Å². The zero-order chi connectivity index (χ0) is 17.1. The van der Waals surface area contributed by atoms with Crippen molar-refractivity contribution < 1.29 is 27.9 Å². The van der Waals surface area contributed by atoms with Gasteiger partial charge in [0.2, 0.25) is 0 Å².